The predicted molar refractivity (Wildman–Crippen MR) is 123 cm³/mol. The van der Waals surface area contributed by atoms with Gasteiger partial charge < -0.3 is 9.84 Å². The lowest BCUT2D eigenvalue weighted by molar-refractivity contribution is -0.153. The molecule has 1 aromatic heterocycles. The third-order valence-electron chi connectivity index (χ3n) is 5.10. The number of hydrogen-bond acceptors (Lipinski definition) is 3. The van der Waals surface area contributed by atoms with Gasteiger partial charge in [-0.15, -0.1) is 0 Å². The fraction of sp³-hybridized carbons (Fsp3) is 0.192. The molecule has 4 aromatic rings. The molecule has 1 N–H and O–H groups in total. The van der Waals surface area contributed by atoms with E-state index in [9.17, 15) is 18.3 Å². The molecule has 0 aliphatic carbocycles. The molecule has 0 spiro atoms. The molecular weight excluding hydrogens is 429 g/mol. The summed E-state index contributed by atoms with van der Waals surface area (Å²) >= 11 is 0. The van der Waals surface area contributed by atoms with Gasteiger partial charge in [-0.3, -0.25) is 4.57 Å². The molecule has 33 heavy (non-hydrogen) atoms. The molecule has 4 rings (SSSR count). The third kappa shape index (κ3) is 5.26. The van der Waals surface area contributed by atoms with E-state index in [4.69, 9.17) is 9.72 Å². The van der Waals surface area contributed by atoms with E-state index in [0.717, 1.165) is 27.8 Å². The van der Waals surface area contributed by atoms with E-state index in [-0.39, 0.29) is 5.75 Å². The van der Waals surface area contributed by atoms with Crippen molar-refractivity contribution in [3.8, 4) is 11.4 Å². The Labute approximate surface area is 189 Å². The van der Waals surface area contributed by atoms with Gasteiger partial charge in [0.2, 0.25) is 0 Å². The fourth-order valence-corrected chi connectivity index (χ4v) is 3.61. The van der Waals surface area contributed by atoms with E-state index in [2.05, 4.69) is 0 Å². The van der Waals surface area contributed by atoms with Crippen LogP contribution in [0.4, 0.5) is 13.2 Å². The Bertz CT molecular complexity index is 1280. The number of imidazole rings is 1. The zero-order valence-electron chi connectivity index (χ0n) is 18.2. The van der Waals surface area contributed by atoms with E-state index in [1.165, 1.54) is 12.1 Å². The molecular formula is C26H23F3N2O2. The standard InChI is InChI=1S/C26H23F3N2O2/c1-25(2,32)20-7-3-5-9-22(20)31-23-10-6-4-8-21(23)30-24(31)16-13-18-11-14-19(15-12-18)33-17-26(27,28)29/h3-16,32H,17H2,1-2H3/b16-13+. The number of hydrogen-bond donors (Lipinski definition) is 1. The second kappa shape index (κ2) is 8.75. The van der Waals surface area contributed by atoms with Crippen molar-refractivity contribution in [1.82, 2.24) is 9.55 Å². The van der Waals surface area contributed by atoms with Crippen molar-refractivity contribution in [1.29, 1.82) is 0 Å². The smallest absolute Gasteiger partial charge is 0.422 e. The summed E-state index contributed by atoms with van der Waals surface area (Å²) in [4.78, 5) is 4.75. The van der Waals surface area contributed by atoms with Gasteiger partial charge in [-0.1, -0.05) is 48.5 Å². The van der Waals surface area contributed by atoms with E-state index in [1.807, 2.05) is 65.3 Å². The van der Waals surface area contributed by atoms with Gasteiger partial charge in [0.05, 0.1) is 22.3 Å². The highest BCUT2D eigenvalue weighted by Crippen LogP contribution is 2.31. The molecule has 0 unspecified atom stereocenters. The first-order valence-electron chi connectivity index (χ1n) is 10.4. The van der Waals surface area contributed by atoms with E-state index >= 15 is 0 Å². The number of rotatable bonds is 6. The molecule has 0 saturated heterocycles. The largest absolute Gasteiger partial charge is 0.484 e. The number of benzene rings is 3. The van der Waals surface area contributed by atoms with Crippen molar-refractivity contribution < 1.29 is 23.0 Å². The van der Waals surface area contributed by atoms with Gasteiger partial charge in [0.25, 0.3) is 0 Å². The maximum Gasteiger partial charge on any atom is 0.422 e. The van der Waals surface area contributed by atoms with Gasteiger partial charge in [-0.25, -0.2) is 4.98 Å². The van der Waals surface area contributed by atoms with Crippen LogP contribution in [0.2, 0.25) is 0 Å². The number of ether oxygens (including phenoxy) is 1. The Morgan fingerprint density at radius 3 is 2.27 bits per heavy atom. The Kier molecular flexibility index (Phi) is 5.99. The average Bonchev–Trinajstić information content (AvgIpc) is 3.14. The highest BCUT2D eigenvalue weighted by Gasteiger charge is 2.28. The third-order valence-corrected chi connectivity index (χ3v) is 5.10. The number of alkyl halides is 3. The molecule has 7 heteroatoms. The Morgan fingerprint density at radius 2 is 1.58 bits per heavy atom. The second-order valence-corrected chi connectivity index (χ2v) is 8.18. The number of aliphatic hydroxyl groups is 1. The van der Waals surface area contributed by atoms with Crippen LogP contribution < -0.4 is 4.74 Å². The van der Waals surface area contributed by atoms with Crippen molar-refractivity contribution in [2.45, 2.75) is 25.6 Å². The Hall–Kier alpha value is -3.58. The molecule has 0 amide bonds. The quantitative estimate of drug-likeness (QED) is 0.370. The first-order valence-corrected chi connectivity index (χ1v) is 10.4. The highest BCUT2D eigenvalue weighted by molar-refractivity contribution is 5.82. The summed E-state index contributed by atoms with van der Waals surface area (Å²) in [7, 11) is 0. The molecule has 0 saturated carbocycles. The van der Waals surface area contributed by atoms with E-state index in [1.54, 1.807) is 26.0 Å². The van der Waals surface area contributed by atoms with Crippen LogP contribution in [0.15, 0.2) is 72.8 Å². The molecule has 0 aliphatic rings. The molecule has 0 fully saturated rings. The normalized spacial score (nSPS) is 12.5. The van der Waals surface area contributed by atoms with Crippen LogP contribution in [-0.2, 0) is 5.60 Å². The van der Waals surface area contributed by atoms with Crippen molar-refractivity contribution >= 4 is 23.2 Å². The zero-order valence-corrected chi connectivity index (χ0v) is 18.2. The van der Waals surface area contributed by atoms with E-state index in [0.29, 0.717) is 5.82 Å². The van der Waals surface area contributed by atoms with Crippen molar-refractivity contribution in [3.63, 3.8) is 0 Å². The molecule has 1 heterocycles. The molecule has 0 bridgehead atoms. The maximum atomic E-state index is 12.3. The first kappa shape index (κ1) is 22.6. The topological polar surface area (TPSA) is 47.3 Å². The summed E-state index contributed by atoms with van der Waals surface area (Å²) in [6.45, 7) is 2.15. The van der Waals surface area contributed by atoms with Crippen LogP contribution in [-0.4, -0.2) is 27.4 Å². The lowest BCUT2D eigenvalue weighted by atomic mass is 9.96. The first-order chi connectivity index (χ1) is 15.6. The fourth-order valence-electron chi connectivity index (χ4n) is 3.61. The number of aromatic nitrogens is 2. The van der Waals surface area contributed by atoms with Gasteiger partial charge >= 0.3 is 6.18 Å². The van der Waals surface area contributed by atoms with Crippen LogP contribution in [0.3, 0.4) is 0 Å². The summed E-state index contributed by atoms with van der Waals surface area (Å²) in [5, 5.41) is 10.7. The lowest BCUT2D eigenvalue weighted by Gasteiger charge is -2.22. The van der Waals surface area contributed by atoms with Gasteiger partial charge in [0.15, 0.2) is 6.61 Å². The SMILES string of the molecule is CC(C)(O)c1ccccc1-n1c(/C=C/c2ccc(OCC(F)(F)F)cc2)nc2ccccc21. The van der Waals surface area contributed by atoms with Crippen molar-refractivity contribution in [3.05, 3.63) is 89.7 Å². The van der Waals surface area contributed by atoms with Crippen molar-refractivity contribution in [2.24, 2.45) is 0 Å². The minimum atomic E-state index is -4.38. The van der Waals surface area contributed by atoms with Gasteiger partial charge in [0.1, 0.15) is 11.6 Å². The predicted octanol–water partition coefficient (Wildman–Crippen LogP) is 6.36. The van der Waals surface area contributed by atoms with Crippen LogP contribution in [0.5, 0.6) is 5.75 Å². The van der Waals surface area contributed by atoms with Gasteiger partial charge in [0, 0.05) is 5.56 Å². The second-order valence-electron chi connectivity index (χ2n) is 8.18. The number of fused-ring (bicyclic) bond motifs is 1. The molecule has 0 radical (unpaired) electrons. The summed E-state index contributed by atoms with van der Waals surface area (Å²) in [5.74, 6) is 0.807. The molecule has 0 aliphatic heterocycles. The molecule has 0 atom stereocenters. The number of nitrogens with zero attached hydrogens (tertiary/aromatic N) is 2. The monoisotopic (exact) mass is 452 g/mol. The summed E-state index contributed by atoms with van der Waals surface area (Å²) in [6.07, 6.45) is -0.707. The minimum absolute atomic E-state index is 0.149. The van der Waals surface area contributed by atoms with Gasteiger partial charge in [-0.2, -0.15) is 13.2 Å². The maximum absolute atomic E-state index is 12.3. The zero-order chi connectivity index (χ0) is 23.6. The summed E-state index contributed by atoms with van der Waals surface area (Å²) < 4.78 is 43.8. The molecule has 4 nitrogen and oxygen atoms in total. The lowest BCUT2D eigenvalue weighted by Crippen LogP contribution is -2.19. The molecule has 170 valence electrons. The number of para-hydroxylation sites is 3. The summed E-state index contributed by atoms with van der Waals surface area (Å²) in [6, 6.07) is 21.7. The number of halogens is 3. The highest BCUT2D eigenvalue weighted by atomic mass is 19.4. The molecule has 3 aromatic carbocycles. The van der Waals surface area contributed by atoms with Crippen LogP contribution in [0.1, 0.15) is 30.8 Å². The average molecular weight is 452 g/mol. The van der Waals surface area contributed by atoms with Crippen LogP contribution >= 0.6 is 0 Å². The Balaban J connectivity index is 1.71. The van der Waals surface area contributed by atoms with Crippen LogP contribution in [0, 0.1) is 0 Å². The Morgan fingerprint density at radius 1 is 0.909 bits per heavy atom. The van der Waals surface area contributed by atoms with Crippen molar-refractivity contribution in [2.75, 3.05) is 6.61 Å². The minimum Gasteiger partial charge on any atom is -0.484 e. The van der Waals surface area contributed by atoms with Gasteiger partial charge in [-0.05, 0) is 55.8 Å². The summed E-state index contributed by atoms with van der Waals surface area (Å²) in [5.41, 5.74) is 2.99. The van der Waals surface area contributed by atoms with E-state index < -0.39 is 18.4 Å². The van der Waals surface area contributed by atoms with Crippen LogP contribution in [0.25, 0.3) is 28.9 Å².